The van der Waals surface area contributed by atoms with Crippen molar-refractivity contribution in [3.05, 3.63) is 59.9 Å². The Morgan fingerprint density at radius 3 is 2.71 bits per heavy atom. The van der Waals surface area contributed by atoms with Gasteiger partial charge in [0.05, 0.1) is 37.0 Å². The number of rotatable bonds is 7. The Hall–Kier alpha value is -4.91. The number of fused-ring (bicyclic) bond motifs is 2. The van der Waals surface area contributed by atoms with Crippen molar-refractivity contribution in [2.75, 3.05) is 42.8 Å². The van der Waals surface area contributed by atoms with Gasteiger partial charge in [-0.1, -0.05) is 0 Å². The summed E-state index contributed by atoms with van der Waals surface area (Å²) in [6, 6.07) is 10.1. The highest BCUT2D eigenvalue weighted by molar-refractivity contribution is 6.22. The minimum atomic E-state index is -0.464. The summed E-state index contributed by atoms with van der Waals surface area (Å²) in [4.78, 5) is 48.0. The molecule has 6 rings (SSSR count). The number of pyridine rings is 1. The Kier molecular flexibility index (Phi) is 7.62. The molecular formula is C27H27ClN8O5. The van der Waals surface area contributed by atoms with Crippen molar-refractivity contribution in [2.24, 2.45) is 5.92 Å². The van der Waals surface area contributed by atoms with E-state index in [2.05, 4.69) is 30.8 Å². The molecule has 5 heterocycles. The number of anilines is 4. The zero-order valence-electron chi connectivity index (χ0n) is 22.2. The molecule has 2 aliphatic rings. The first-order valence-corrected chi connectivity index (χ1v) is 12.7. The van der Waals surface area contributed by atoms with E-state index >= 15 is 0 Å². The molecule has 1 aromatic carbocycles. The number of methoxy groups -OCH3 is 2. The van der Waals surface area contributed by atoms with Crippen molar-refractivity contribution in [1.29, 1.82) is 0 Å². The zero-order valence-corrected chi connectivity index (χ0v) is 23.0. The molecule has 0 saturated carbocycles. The molecular weight excluding hydrogens is 552 g/mol. The highest BCUT2D eigenvalue weighted by Crippen LogP contribution is 2.31. The number of carbonyl (C=O) groups is 3. The van der Waals surface area contributed by atoms with Gasteiger partial charge in [-0.2, -0.15) is 4.98 Å². The van der Waals surface area contributed by atoms with Crippen molar-refractivity contribution < 1.29 is 23.9 Å². The number of piperidine rings is 1. The van der Waals surface area contributed by atoms with Crippen LogP contribution in [0.5, 0.6) is 11.6 Å². The Morgan fingerprint density at radius 1 is 1.07 bits per heavy atom. The van der Waals surface area contributed by atoms with Gasteiger partial charge in [0, 0.05) is 37.2 Å². The Morgan fingerprint density at radius 2 is 1.90 bits per heavy atom. The van der Waals surface area contributed by atoms with Gasteiger partial charge in [-0.3, -0.25) is 19.7 Å². The van der Waals surface area contributed by atoms with E-state index in [1.54, 1.807) is 48.3 Å². The van der Waals surface area contributed by atoms with Gasteiger partial charge < -0.3 is 25.0 Å². The lowest BCUT2D eigenvalue weighted by Gasteiger charge is -2.33. The second-order valence-corrected chi connectivity index (χ2v) is 9.46. The van der Waals surface area contributed by atoms with Crippen molar-refractivity contribution >= 4 is 58.8 Å². The zero-order chi connectivity index (χ0) is 27.8. The van der Waals surface area contributed by atoms with E-state index in [1.165, 1.54) is 13.2 Å². The molecule has 14 heteroatoms. The highest BCUT2D eigenvalue weighted by Gasteiger charge is 2.30. The molecule has 41 heavy (non-hydrogen) atoms. The van der Waals surface area contributed by atoms with E-state index in [9.17, 15) is 14.4 Å². The smallest absolute Gasteiger partial charge is 0.259 e. The van der Waals surface area contributed by atoms with Crippen molar-refractivity contribution in [1.82, 2.24) is 24.9 Å². The first kappa shape index (κ1) is 27.6. The van der Waals surface area contributed by atoms with E-state index in [0.29, 0.717) is 58.8 Å². The summed E-state index contributed by atoms with van der Waals surface area (Å²) in [5.41, 5.74) is 2.34. The average molecular weight is 579 g/mol. The molecule has 4 aromatic rings. The predicted octanol–water partition coefficient (Wildman–Crippen LogP) is 3.05. The molecule has 1 saturated heterocycles. The van der Waals surface area contributed by atoms with Crippen LogP contribution >= 0.6 is 12.4 Å². The Balaban J connectivity index is 0.00000337. The third-order valence-electron chi connectivity index (χ3n) is 6.97. The largest absolute Gasteiger partial charge is 0.491 e. The number of benzene rings is 1. The van der Waals surface area contributed by atoms with Crippen LogP contribution in [-0.2, 0) is 4.79 Å². The van der Waals surface area contributed by atoms with Crippen LogP contribution in [0, 0.1) is 5.92 Å². The van der Waals surface area contributed by atoms with Crippen molar-refractivity contribution in [3.8, 4) is 11.6 Å². The summed E-state index contributed by atoms with van der Waals surface area (Å²) in [5, 5.41) is 13.2. The number of nitrogens with one attached hydrogen (secondary N) is 3. The molecule has 1 atom stereocenters. The summed E-state index contributed by atoms with van der Waals surface area (Å²) in [6.45, 7) is 1.18. The molecule has 1 fully saturated rings. The minimum Gasteiger partial charge on any atom is -0.491 e. The van der Waals surface area contributed by atoms with E-state index in [-0.39, 0.29) is 29.8 Å². The molecule has 212 valence electrons. The molecule has 1 unspecified atom stereocenters. The molecule has 3 N–H and O–H groups in total. The van der Waals surface area contributed by atoms with E-state index < -0.39 is 11.8 Å². The Labute approximate surface area is 240 Å². The lowest BCUT2D eigenvalue weighted by atomic mass is 9.97. The maximum Gasteiger partial charge on any atom is 0.259 e. The van der Waals surface area contributed by atoms with E-state index in [4.69, 9.17) is 14.6 Å². The average Bonchev–Trinajstić information content (AvgIpc) is 3.56. The van der Waals surface area contributed by atoms with Gasteiger partial charge in [-0.15, -0.1) is 17.5 Å². The van der Waals surface area contributed by atoms with Crippen LogP contribution in [0.25, 0.3) is 5.65 Å². The quantitative estimate of drug-likeness (QED) is 0.279. The van der Waals surface area contributed by atoms with Crippen LogP contribution < -0.4 is 30.3 Å². The molecule has 2 aliphatic heterocycles. The van der Waals surface area contributed by atoms with Gasteiger partial charge >= 0.3 is 0 Å². The summed E-state index contributed by atoms with van der Waals surface area (Å²) < 4.78 is 12.3. The Bertz CT molecular complexity index is 1660. The maximum absolute atomic E-state index is 13.2. The standard InChI is InChI=1S/C27H26N8O5.ClH/c1-39-20-7-8-21(31-27(20)40-2)30-19-13-22(33-35-11-9-28-23(19)35)34-10-3-4-15(14-34)24(36)29-16-5-6-17-18(12-16)26(38)32-25(17)37;/h5-9,11-13,15H,3-4,10,14H2,1-2H3,(H,29,36)(H,30,31)(H,32,37,38);1H. The molecule has 0 radical (unpaired) electrons. The van der Waals surface area contributed by atoms with Crippen LogP contribution in [0.2, 0.25) is 0 Å². The van der Waals surface area contributed by atoms with Gasteiger partial charge in [0.1, 0.15) is 5.82 Å². The molecule has 0 aliphatic carbocycles. The third kappa shape index (κ3) is 5.31. The third-order valence-corrected chi connectivity index (χ3v) is 6.97. The van der Waals surface area contributed by atoms with Gasteiger partial charge in [-0.05, 0) is 43.2 Å². The topological polar surface area (TPSA) is 152 Å². The van der Waals surface area contributed by atoms with Crippen LogP contribution in [0.3, 0.4) is 0 Å². The highest BCUT2D eigenvalue weighted by atomic mass is 35.5. The summed E-state index contributed by atoms with van der Waals surface area (Å²) >= 11 is 0. The second kappa shape index (κ2) is 11.3. The molecule has 3 amide bonds. The number of nitrogens with zero attached hydrogens (tertiary/aromatic N) is 5. The second-order valence-electron chi connectivity index (χ2n) is 9.46. The maximum atomic E-state index is 13.2. The summed E-state index contributed by atoms with van der Waals surface area (Å²) in [5.74, 6) is 0.726. The van der Waals surface area contributed by atoms with Crippen LogP contribution in [0.1, 0.15) is 33.6 Å². The normalized spacial score (nSPS) is 16.0. The summed E-state index contributed by atoms with van der Waals surface area (Å²) in [7, 11) is 3.07. The number of imide groups is 1. The minimum absolute atomic E-state index is 0. The first-order chi connectivity index (χ1) is 19.4. The van der Waals surface area contributed by atoms with Crippen molar-refractivity contribution in [3.63, 3.8) is 0 Å². The first-order valence-electron chi connectivity index (χ1n) is 12.7. The predicted molar refractivity (Wildman–Crippen MR) is 153 cm³/mol. The van der Waals surface area contributed by atoms with Gasteiger partial charge in [0.2, 0.25) is 5.91 Å². The number of amides is 3. The van der Waals surface area contributed by atoms with Crippen molar-refractivity contribution in [2.45, 2.75) is 12.8 Å². The van der Waals surface area contributed by atoms with Crippen LogP contribution in [-0.4, -0.2) is 64.6 Å². The molecule has 3 aromatic heterocycles. The van der Waals surface area contributed by atoms with E-state index in [0.717, 1.165) is 13.0 Å². The van der Waals surface area contributed by atoms with Crippen LogP contribution in [0.15, 0.2) is 48.8 Å². The number of carbonyl (C=O) groups excluding carboxylic acids is 3. The van der Waals surface area contributed by atoms with E-state index in [1.807, 2.05) is 6.07 Å². The fraction of sp³-hybridized carbons (Fsp3) is 0.259. The lowest BCUT2D eigenvalue weighted by molar-refractivity contribution is -0.120. The van der Waals surface area contributed by atoms with Gasteiger partial charge in [-0.25, -0.2) is 9.50 Å². The number of hydrogen-bond acceptors (Lipinski definition) is 10. The lowest BCUT2D eigenvalue weighted by Crippen LogP contribution is -2.41. The molecule has 13 nitrogen and oxygen atoms in total. The SMILES string of the molecule is COc1ccc(Nc2cc(N3CCCC(C(=O)Nc4ccc5c(c4)C(=O)NC5=O)C3)nn3ccnc23)nc1OC.Cl. The number of ether oxygens (including phenoxy) is 2. The number of aromatic nitrogens is 4. The molecule has 0 bridgehead atoms. The number of imidazole rings is 1. The molecule has 0 spiro atoms. The fourth-order valence-electron chi connectivity index (χ4n) is 4.98. The fourth-order valence-corrected chi connectivity index (χ4v) is 4.98. The monoisotopic (exact) mass is 578 g/mol. The van der Waals surface area contributed by atoms with Gasteiger partial charge in [0.15, 0.2) is 17.2 Å². The van der Waals surface area contributed by atoms with Crippen LogP contribution in [0.4, 0.5) is 23.0 Å². The number of hydrogen-bond donors (Lipinski definition) is 3. The summed E-state index contributed by atoms with van der Waals surface area (Å²) in [6.07, 6.45) is 4.92. The number of halogens is 1. The van der Waals surface area contributed by atoms with Gasteiger partial charge in [0.25, 0.3) is 17.7 Å².